The number of rotatable bonds is 4. The van der Waals surface area contributed by atoms with Crippen molar-refractivity contribution in [1.29, 1.82) is 0 Å². The van der Waals surface area contributed by atoms with Gasteiger partial charge in [-0.15, -0.1) is 0 Å². The van der Waals surface area contributed by atoms with E-state index in [1.165, 1.54) is 0 Å². The first kappa shape index (κ1) is 12.0. The molecule has 0 spiro atoms. The number of nitrogens with one attached hydrogen (secondary N) is 2. The van der Waals surface area contributed by atoms with E-state index in [1.807, 2.05) is 6.07 Å². The summed E-state index contributed by atoms with van der Waals surface area (Å²) in [5.41, 5.74) is 0. The van der Waals surface area contributed by atoms with Gasteiger partial charge in [0.15, 0.2) is 0 Å². The van der Waals surface area contributed by atoms with Crippen LogP contribution in [0.3, 0.4) is 0 Å². The number of hydrogen-bond acceptors (Lipinski definition) is 3. The Labute approximate surface area is 93.8 Å². The molecule has 1 aromatic rings. The first-order valence-corrected chi connectivity index (χ1v) is 4.93. The molecule has 0 saturated carbocycles. The van der Waals surface area contributed by atoms with Gasteiger partial charge in [-0.2, -0.15) is 0 Å². The maximum atomic E-state index is 11.2. The van der Waals surface area contributed by atoms with Crippen LogP contribution in [0.4, 0.5) is 4.79 Å². The maximum Gasteiger partial charge on any atom is 0.412 e. The molecule has 0 heterocycles. The minimum atomic E-state index is -0.560. The lowest BCUT2D eigenvalue weighted by atomic mass is 10.3. The monoisotopic (exact) mass is 222 g/mol. The van der Waals surface area contributed by atoms with Crippen LogP contribution in [0.15, 0.2) is 30.3 Å². The average Bonchev–Trinajstić information content (AvgIpc) is 2.30. The van der Waals surface area contributed by atoms with Crippen LogP contribution < -0.4 is 15.4 Å². The Bertz CT molecular complexity index is 352. The summed E-state index contributed by atoms with van der Waals surface area (Å²) in [5, 5.41) is 4.93. The van der Waals surface area contributed by atoms with Crippen molar-refractivity contribution >= 4 is 12.0 Å². The van der Waals surface area contributed by atoms with Crippen LogP contribution in [0, 0.1) is 0 Å². The van der Waals surface area contributed by atoms with Crippen LogP contribution in [0.5, 0.6) is 5.75 Å². The van der Waals surface area contributed by atoms with Crippen molar-refractivity contribution in [1.82, 2.24) is 10.6 Å². The van der Waals surface area contributed by atoms with Gasteiger partial charge in [0.25, 0.3) is 0 Å². The van der Waals surface area contributed by atoms with Gasteiger partial charge in [0.05, 0.1) is 0 Å². The zero-order valence-corrected chi connectivity index (χ0v) is 9.03. The van der Waals surface area contributed by atoms with Crippen LogP contribution in [0.25, 0.3) is 0 Å². The Hall–Kier alpha value is -2.04. The van der Waals surface area contributed by atoms with E-state index >= 15 is 0 Å². The number of carbonyl (C=O) groups excluding carboxylic acids is 2. The molecule has 0 fully saturated rings. The number of carbonyl (C=O) groups is 2. The van der Waals surface area contributed by atoms with Crippen molar-refractivity contribution in [3.05, 3.63) is 30.3 Å². The lowest BCUT2D eigenvalue weighted by Gasteiger charge is -2.05. The molecule has 0 bridgehead atoms. The molecule has 2 N–H and O–H groups in total. The summed E-state index contributed by atoms with van der Waals surface area (Å²) in [6.45, 7) is 0.255. The van der Waals surface area contributed by atoms with E-state index < -0.39 is 6.09 Å². The molecule has 0 radical (unpaired) electrons. The van der Waals surface area contributed by atoms with E-state index in [0.29, 0.717) is 5.75 Å². The highest BCUT2D eigenvalue weighted by molar-refractivity contribution is 5.76. The van der Waals surface area contributed by atoms with Crippen molar-refractivity contribution in [3.8, 4) is 5.75 Å². The Morgan fingerprint density at radius 3 is 2.56 bits per heavy atom. The van der Waals surface area contributed by atoms with Crippen LogP contribution >= 0.6 is 0 Å². The molecule has 86 valence electrons. The summed E-state index contributed by atoms with van der Waals surface area (Å²) in [5.74, 6) is 0.347. The second kappa shape index (κ2) is 6.44. The summed E-state index contributed by atoms with van der Waals surface area (Å²) in [6.07, 6.45) is -0.324. The molecule has 5 heteroatoms. The van der Waals surface area contributed by atoms with Crippen molar-refractivity contribution in [3.63, 3.8) is 0 Å². The highest BCUT2D eigenvalue weighted by Gasteiger charge is 2.04. The number of ether oxygens (including phenoxy) is 1. The van der Waals surface area contributed by atoms with E-state index in [-0.39, 0.29) is 18.9 Å². The third-order valence-electron chi connectivity index (χ3n) is 1.85. The molecule has 0 saturated heterocycles. The fourth-order valence-electron chi connectivity index (χ4n) is 1.03. The van der Waals surface area contributed by atoms with Crippen LogP contribution in [-0.2, 0) is 4.79 Å². The molecule has 0 aromatic heterocycles. The molecule has 0 aliphatic rings. The van der Waals surface area contributed by atoms with Gasteiger partial charge in [-0.05, 0) is 12.1 Å². The number of hydrogen-bond donors (Lipinski definition) is 2. The molecule has 5 nitrogen and oxygen atoms in total. The Kier molecular flexibility index (Phi) is 4.85. The van der Waals surface area contributed by atoms with Gasteiger partial charge in [0.1, 0.15) is 5.75 Å². The predicted octanol–water partition coefficient (Wildman–Crippen LogP) is 0.911. The highest BCUT2D eigenvalue weighted by atomic mass is 16.6. The number of amides is 2. The molecule has 0 atom stereocenters. The van der Waals surface area contributed by atoms with E-state index in [4.69, 9.17) is 4.74 Å². The third kappa shape index (κ3) is 4.45. The number of benzene rings is 1. The van der Waals surface area contributed by atoms with Crippen LogP contribution in [0.1, 0.15) is 6.42 Å². The zero-order chi connectivity index (χ0) is 11.8. The summed E-state index contributed by atoms with van der Waals surface area (Å²) in [7, 11) is 1.55. The number of para-hydroxylation sites is 1. The normalized spacial score (nSPS) is 9.31. The van der Waals surface area contributed by atoms with E-state index in [2.05, 4.69) is 10.6 Å². The lowest BCUT2D eigenvalue weighted by Crippen LogP contribution is -2.31. The SMILES string of the molecule is CNC(=O)CCNC(=O)Oc1ccccc1. The molecule has 0 aliphatic heterocycles. The molecule has 2 amide bonds. The van der Waals surface area contributed by atoms with Gasteiger partial charge in [0.2, 0.25) is 5.91 Å². The van der Waals surface area contributed by atoms with Crippen molar-refractivity contribution in [2.75, 3.05) is 13.6 Å². The highest BCUT2D eigenvalue weighted by Crippen LogP contribution is 2.07. The topological polar surface area (TPSA) is 67.4 Å². The quantitative estimate of drug-likeness (QED) is 0.795. The standard InChI is InChI=1S/C11H14N2O3/c1-12-10(14)7-8-13-11(15)16-9-5-3-2-4-6-9/h2-6H,7-8H2,1H3,(H,12,14)(H,13,15). The van der Waals surface area contributed by atoms with Gasteiger partial charge >= 0.3 is 6.09 Å². The minimum Gasteiger partial charge on any atom is -0.410 e. The van der Waals surface area contributed by atoms with Gasteiger partial charge < -0.3 is 15.4 Å². The van der Waals surface area contributed by atoms with Gasteiger partial charge in [-0.1, -0.05) is 18.2 Å². The van der Waals surface area contributed by atoms with Gasteiger partial charge in [-0.3, -0.25) is 4.79 Å². The van der Waals surface area contributed by atoms with Gasteiger partial charge in [0, 0.05) is 20.0 Å². The van der Waals surface area contributed by atoms with E-state index in [9.17, 15) is 9.59 Å². The fourth-order valence-corrected chi connectivity index (χ4v) is 1.03. The lowest BCUT2D eigenvalue weighted by molar-refractivity contribution is -0.120. The molecular weight excluding hydrogens is 208 g/mol. The Morgan fingerprint density at radius 2 is 1.94 bits per heavy atom. The van der Waals surface area contributed by atoms with Crippen molar-refractivity contribution < 1.29 is 14.3 Å². The molecule has 0 unspecified atom stereocenters. The smallest absolute Gasteiger partial charge is 0.410 e. The molecule has 16 heavy (non-hydrogen) atoms. The average molecular weight is 222 g/mol. The maximum absolute atomic E-state index is 11.2. The van der Waals surface area contributed by atoms with E-state index in [1.54, 1.807) is 31.3 Å². The summed E-state index contributed by atoms with van der Waals surface area (Å²) < 4.78 is 4.95. The summed E-state index contributed by atoms with van der Waals surface area (Å²) in [6, 6.07) is 8.73. The Balaban J connectivity index is 2.24. The zero-order valence-electron chi connectivity index (χ0n) is 9.03. The molecule has 0 aliphatic carbocycles. The molecular formula is C11H14N2O3. The molecule has 1 aromatic carbocycles. The van der Waals surface area contributed by atoms with Crippen molar-refractivity contribution in [2.45, 2.75) is 6.42 Å². The second-order valence-electron chi connectivity index (χ2n) is 3.05. The second-order valence-corrected chi connectivity index (χ2v) is 3.05. The van der Waals surface area contributed by atoms with Crippen LogP contribution in [0.2, 0.25) is 0 Å². The first-order chi connectivity index (χ1) is 7.72. The first-order valence-electron chi connectivity index (χ1n) is 4.93. The Morgan fingerprint density at radius 1 is 1.25 bits per heavy atom. The minimum absolute atomic E-state index is 0.125. The fraction of sp³-hybridized carbons (Fsp3) is 0.273. The largest absolute Gasteiger partial charge is 0.412 e. The third-order valence-corrected chi connectivity index (χ3v) is 1.85. The predicted molar refractivity (Wildman–Crippen MR) is 59.2 cm³/mol. The van der Waals surface area contributed by atoms with Crippen LogP contribution in [-0.4, -0.2) is 25.6 Å². The van der Waals surface area contributed by atoms with E-state index in [0.717, 1.165) is 0 Å². The van der Waals surface area contributed by atoms with Gasteiger partial charge in [-0.25, -0.2) is 4.79 Å². The van der Waals surface area contributed by atoms with Crippen molar-refractivity contribution in [2.24, 2.45) is 0 Å². The summed E-state index contributed by atoms with van der Waals surface area (Å²) in [4.78, 5) is 22.1. The molecule has 1 rings (SSSR count). The summed E-state index contributed by atoms with van der Waals surface area (Å²) >= 11 is 0.